The lowest BCUT2D eigenvalue weighted by Gasteiger charge is -2.29. The molecule has 0 aliphatic heterocycles. The number of phenols is 2. The van der Waals surface area contributed by atoms with Crippen LogP contribution in [0.1, 0.15) is 116 Å². The van der Waals surface area contributed by atoms with E-state index in [1.807, 2.05) is 38.1 Å². The number of rotatable bonds is 3. The molecule has 234 valence electrons. The predicted molar refractivity (Wildman–Crippen MR) is 186 cm³/mol. The molecular formula is C40H52N2O2. The van der Waals surface area contributed by atoms with Crippen LogP contribution >= 0.6 is 0 Å². The fourth-order valence-electron chi connectivity index (χ4n) is 5.65. The highest BCUT2D eigenvalue weighted by Gasteiger charge is 2.29. The van der Waals surface area contributed by atoms with E-state index >= 15 is 0 Å². The molecule has 44 heavy (non-hydrogen) atoms. The van der Waals surface area contributed by atoms with Gasteiger partial charge in [0.05, 0.1) is 22.8 Å². The van der Waals surface area contributed by atoms with Crippen LogP contribution in [0.25, 0.3) is 33.9 Å². The van der Waals surface area contributed by atoms with Crippen molar-refractivity contribution in [2.45, 2.75) is 119 Å². The molecule has 0 amide bonds. The summed E-state index contributed by atoms with van der Waals surface area (Å²) in [6, 6.07) is 16.3. The Kier molecular flexibility index (Phi) is 8.35. The topological polar surface area (TPSA) is 66.2 Å². The zero-order chi connectivity index (χ0) is 33.2. The zero-order valence-electron chi connectivity index (χ0n) is 29.4. The number of nitrogens with zero attached hydrogens (tertiary/aromatic N) is 2. The third-order valence-electron chi connectivity index (χ3n) is 8.51. The Balaban J connectivity index is 1.96. The Morgan fingerprint density at radius 3 is 1.05 bits per heavy atom. The maximum Gasteiger partial charge on any atom is 0.125 e. The highest BCUT2D eigenvalue weighted by molar-refractivity contribution is 5.79. The molecular weight excluding hydrogens is 540 g/mol. The number of hydrogen-bond donors (Lipinski definition) is 2. The molecule has 4 aromatic rings. The molecule has 0 saturated heterocycles. The summed E-state index contributed by atoms with van der Waals surface area (Å²) in [5.41, 5.74) is 10.1. The lowest BCUT2D eigenvalue weighted by molar-refractivity contribution is 0.467. The average molecular weight is 593 g/mol. The number of phenolic OH excluding ortho intramolecular Hbond substituents is 2. The first-order valence-corrected chi connectivity index (χ1v) is 15.7. The molecule has 4 heteroatoms. The number of pyridine rings is 2. The summed E-state index contributed by atoms with van der Waals surface area (Å²) in [7, 11) is 0. The summed E-state index contributed by atoms with van der Waals surface area (Å²) in [4.78, 5) is 10.3. The van der Waals surface area contributed by atoms with Crippen LogP contribution in [-0.2, 0) is 21.7 Å². The number of aryl methyl sites for hydroxylation is 2. The lowest BCUT2D eigenvalue weighted by atomic mass is 9.77. The van der Waals surface area contributed by atoms with Crippen molar-refractivity contribution in [3.63, 3.8) is 0 Å². The first-order chi connectivity index (χ1) is 20.0. The fourth-order valence-corrected chi connectivity index (χ4v) is 5.65. The van der Waals surface area contributed by atoms with E-state index in [-0.39, 0.29) is 33.2 Å². The van der Waals surface area contributed by atoms with E-state index in [1.165, 1.54) is 0 Å². The van der Waals surface area contributed by atoms with E-state index in [4.69, 9.17) is 9.97 Å². The summed E-state index contributed by atoms with van der Waals surface area (Å²) in [5.74, 6) is 0.484. The van der Waals surface area contributed by atoms with Gasteiger partial charge in [-0.2, -0.15) is 0 Å². The zero-order valence-corrected chi connectivity index (χ0v) is 29.4. The van der Waals surface area contributed by atoms with Crippen molar-refractivity contribution >= 4 is 0 Å². The summed E-state index contributed by atoms with van der Waals surface area (Å²) < 4.78 is 0. The molecule has 2 heterocycles. The van der Waals surface area contributed by atoms with E-state index in [2.05, 4.69) is 107 Å². The molecule has 2 aromatic heterocycles. The highest BCUT2D eigenvalue weighted by Crippen LogP contribution is 2.45. The van der Waals surface area contributed by atoms with E-state index in [0.717, 1.165) is 55.9 Å². The molecule has 2 N–H and O–H groups in total. The van der Waals surface area contributed by atoms with Gasteiger partial charge in [-0.3, -0.25) is 0 Å². The van der Waals surface area contributed by atoms with Crippen LogP contribution in [0, 0.1) is 13.8 Å². The molecule has 4 rings (SSSR count). The van der Waals surface area contributed by atoms with Crippen LogP contribution in [0.3, 0.4) is 0 Å². The summed E-state index contributed by atoms with van der Waals surface area (Å²) in [6.07, 6.45) is 0. The number of benzene rings is 2. The van der Waals surface area contributed by atoms with Crippen molar-refractivity contribution in [3.8, 4) is 45.4 Å². The van der Waals surface area contributed by atoms with Crippen LogP contribution < -0.4 is 0 Å². The van der Waals surface area contributed by atoms with Gasteiger partial charge in [0.2, 0.25) is 0 Å². The average Bonchev–Trinajstić information content (AvgIpc) is 2.87. The largest absolute Gasteiger partial charge is 0.507 e. The second kappa shape index (κ2) is 11.1. The standard InChI is InChI=1S/C40H52N2O2/c1-23-15-17-29(41-35(23)33-27(39(9,10)11)19-25(21-31(33)43)37(3,4)5)30-18-16-24(2)36(42-30)34-28(40(12,13)14)20-26(22-32(34)44)38(6,7)8/h15-22,43-44H,1-14H3. The van der Waals surface area contributed by atoms with Crippen LogP contribution in [-0.4, -0.2) is 20.2 Å². The number of aromatic nitrogens is 2. The molecule has 0 aliphatic carbocycles. The normalized spacial score (nSPS) is 13.0. The van der Waals surface area contributed by atoms with Gasteiger partial charge in [0.1, 0.15) is 11.5 Å². The van der Waals surface area contributed by atoms with Gasteiger partial charge in [-0.05, 0) is 93.2 Å². The minimum Gasteiger partial charge on any atom is -0.507 e. The monoisotopic (exact) mass is 592 g/mol. The number of aromatic hydroxyl groups is 2. The molecule has 0 radical (unpaired) electrons. The predicted octanol–water partition coefficient (Wildman–Crippen LogP) is 10.7. The van der Waals surface area contributed by atoms with E-state index < -0.39 is 0 Å². The van der Waals surface area contributed by atoms with Gasteiger partial charge >= 0.3 is 0 Å². The summed E-state index contributed by atoms with van der Waals surface area (Å²) in [6.45, 7) is 30.1. The van der Waals surface area contributed by atoms with Gasteiger partial charge in [0, 0.05) is 11.1 Å². The minimum absolute atomic E-state index is 0.106. The van der Waals surface area contributed by atoms with Crippen molar-refractivity contribution in [2.75, 3.05) is 0 Å². The molecule has 0 atom stereocenters. The lowest BCUT2D eigenvalue weighted by Crippen LogP contribution is -2.18. The summed E-state index contributed by atoms with van der Waals surface area (Å²) in [5, 5.41) is 23.0. The molecule has 0 fully saturated rings. The first-order valence-electron chi connectivity index (χ1n) is 15.7. The Bertz CT molecular complexity index is 1590. The van der Waals surface area contributed by atoms with Crippen molar-refractivity contribution in [2.24, 2.45) is 0 Å². The van der Waals surface area contributed by atoms with E-state index in [0.29, 0.717) is 11.4 Å². The SMILES string of the molecule is Cc1ccc(-c2ccc(C)c(-c3c(O)cc(C(C)(C)C)cc3C(C)(C)C)n2)nc1-c1c(O)cc(C(C)(C)C)cc1C(C)(C)C. The van der Waals surface area contributed by atoms with Crippen LogP contribution in [0.5, 0.6) is 11.5 Å². The Hall–Kier alpha value is -3.66. The molecule has 0 spiro atoms. The maximum absolute atomic E-state index is 11.5. The molecule has 0 aliphatic rings. The molecule has 0 saturated carbocycles. The van der Waals surface area contributed by atoms with Gasteiger partial charge in [-0.1, -0.05) is 107 Å². The number of hydrogen-bond acceptors (Lipinski definition) is 4. The quantitative estimate of drug-likeness (QED) is 0.248. The summed E-state index contributed by atoms with van der Waals surface area (Å²) >= 11 is 0. The molecule has 2 aromatic carbocycles. The Morgan fingerprint density at radius 2 is 0.773 bits per heavy atom. The third kappa shape index (κ3) is 6.55. The van der Waals surface area contributed by atoms with Crippen molar-refractivity contribution < 1.29 is 10.2 Å². The van der Waals surface area contributed by atoms with Crippen molar-refractivity contribution in [3.05, 3.63) is 81.9 Å². The molecule has 0 unspecified atom stereocenters. The fraction of sp³-hybridized carbons (Fsp3) is 0.450. The second-order valence-corrected chi connectivity index (χ2v) is 16.6. The van der Waals surface area contributed by atoms with Crippen LogP contribution in [0.4, 0.5) is 0 Å². The Morgan fingerprint density at radius 1 is 0.455 bits per heavy atom. The van der Waals surface area contributed by atoms with Gasteiger partial charge in [0.25, 0.3) is 0 Å². The maximum atomic E-state index is 11.5. The smallest absolute Gasteiger partial charge is 0.125 e. The first kappa shape index (κ1) is 33.2. The molecule has 4 nitrogen and oxygen atoms in total. The highest BCUT2D eigenvalue weighted by atomic mass is 16.3. The van der Waals surface area contributed by atoms with Crippen molar-refractivity contribution in [1.82, 2.24) is 9.97 Å². The van der Waals surface area contributed by atoms with Gasteiger partial charge in [-0.25, -0.2) is 9.97 Å². The van der Waals surface area contributed by atoms with Crippen LogP contribution in [0.2, 0.25) is 0 Å². The van der Waals surface area contributed by atoms with Gasteiger partial charge < -0.3 is 10.2 Å². The second-order valence-electron chi connectivity index (χ2n) is 16.6. The molecule has 0 bridgehead atoms. The van der Waals surface area contributed by atoms with E-state index in [9.17, 15) is 10.2 Å². The minimum atomic E-state index is -0.215. The van der Waals surface area contributed by atoms with Crippen LogP contribution in [0.15, 0.2) is 48.5 Å². The van der Waals surface area contributed by atoms with Crippen molar-refractivity contribution in [1.29, 1.82) is 0 Å². The van der Waals surface area contributed by atoms with E-state index in [1.54, 1.807) is 0 Å². The third-order valence-corrected chi connectivity index (χ3v) is 8.51. The Labute approximate surface area is 265 Å². The van der Waals surface area contributed by atoms with Gasteiger partial charge in [-0.15, -0.1) is 0 Å². The van der Waals surface area contributed by atoms with Gasteiger partial charge in [0.15, 0.2) is 0 Å².